The number of amides is 1. The highest BCUT2D eigenvalue weighted by atomic mass is 16.5. The maximum atomic E-state index is 12.6. The Labute approximate surface area is 164 Å². The van der Waals surface area contributed by atoms with Crippen molar-refractivity contribution in [3.8, 4) is 11.5 Å². The summed E-state index contributed by atoms with van der Waals surface area (Å²) in [7, 11) is 3.21. The van der Waals surface area contributed by atoms with Crippen molar-refractivity contribution in [1.29, 1.82) is 0 Å². The Hall–Kier alpha value is -3.31. The van der Waals surface area contributed by atoms with Crippen molar-refractivity contribution in [2.75, 3.05) is 19.5 Å². The van der Waals surface area contributed by atoms with Gasteiger partial charge in [0, 0.05) is 16.8 Å². The molecule has 0 aromatic heterocycles. The lowest BCUT2D eigenvalue weighted by molar-refractivity contribution is 0.102. The van der Waals surface area contributed by atoms with Crippen LogP contribution in [0.1, 0.15) is 21.5 Å². The van der Waals surface area contributed by atoms with Crippen LogP contribution in [0.15, 0.2) is 72.8 Å². The summed E-state index contributed by atoms with van der Waals surface area (Å²) in [6.45, 7) is 0.841. The monoisotopic (exact) mass is 377 g/mol. The zero-order valence-electron chi connectivity index (χ0n) is 16.0. The molecule has 0 saturated carbocycles. The molecule has 3 rings (SSSR count). The van der Waals surface area contributed by atoms with E-state index in [1.165, 1.54) is 0 Å². The van der Waals surface area contributed by atoms with Gasteiger partial charge in [-0.2, -0.15) is 0 Å². The average Bonchev–Trinajstić information content (AvgIpc) is 2.75. The summed E-state index contributed by atoms with van der Waals surface area (Å²) in [6, 6.07) is 22.4. The molecule has 0 fully saturated rings. The fourth-order valence-corrected chi connectivity index (χ4v) is 2.76. The molecule has 0 aliphatic heterocycles. The molecule has 144 valence electrons. The number of benzene rings is 3. The molecule has 1 N–H and O–H groups in total. The number of ether oxygens (including phenoxy) is 3. The minimum Gasteiger partial charge on any atom is -0.497 e. The van der Waals surface area contributed by atoms with Gasteiger partial charge in [-0.1, -0.05) is 30.3 Å². The molecule has 0 aliphatic rings. The minimum atomic E-state index is -0.197. The van der Waals surface area contributed by atoms with E-state index in [9.17, 15) is 4.79 Å². The summed E-state index contributed by atoms with van der Waals surface area (Å²) in [5.41, 5.74) is 3.15. The molecule has 0 heterocycles. The quantitative estimate of drug-likeness (QED) is 0.620. The molecular formula is C23H23NO4. The Balaban J connectivity index is 1.67. The van der Waals surface area contributed by atoms with E-state index in [0.29, 0.717) is 30.2 Å². The number of carbonyl (C=O) groups is 1. The van der Waals surface area contributed by atoms with E-state index in [1.54, 1.807) is 56.7 Å². The standard InChI is InChI=1S/C23H23NO4/c1-26-21-11-9-20(10-12-21)24-23(25)18-8-13-22(27-2)19(14-18)16-28-15-17-6-4-3-5-7-17/h3-14H,15-16H2,1-2H3,(H,24,25). The van der Waals surface area contributed by atoms with Gasteiger partial charge >= 0.3 is 0 Å². The van der Waals surface area contributed by atoms with E-state index in [0.717, 1.165) is 16.9 Å². The molecule has 28 heavy (non-hydrogen) atoms. The predicted molar refractivity (Wildman–Crippen MR) is 109 cm³/mol. The topological polar surface area (TPSA) is 56.8 Å². The molecule has 0 radical (unpaired) electrons. The van der Waals surface area contributed by atoms with E-state index in [2.05, 4.69) is 5.32 Å². The first-order chi connectivity index (χ1) is 13.7. The van der Waals surface area contributed by atoms with Crippen molar-refractivity contribution in [2.45, 2.75) is 13.2 Å². The fraction of sp³-hybridized carbons (Fsp3) is 0.174. The van der Waals surface area contributed by atoms with Crippen LogP contribution in [-0.4, -0.2) is 20.1 Å². The third-order valence-corrected chi connectivity index (χ3v) is 4.26. The first-order valence-corrected chi connectivity index (χ1v) is 8.93. The second kappa shape index (κ2) is 9.58. The average molecular weight is 377 g/mol. The summed E-state index contributed by atoms with van der Waals surface area (Å²) in [4.78, 5) is 12.6. The molecule has 3 aromatic carbocycles. The van der Waals surface area contributed by atoms with Gasteiger partial charge in [-0.25, -0.2) is 0 Å². The zero-order valence-corrected chi connectivity index (χ0v) is 16.0. The number of nitrogens with one attached hydrogen (secondary N) is 1. The summed E-state index contributed by atoms with van der Waals surface area (Å²) in [5.74, 6) is 1.23. The maximum absolute atomic E-state index is 12.6. The predicted octanol–water partition coefficient (Wildman–Crippen LogP) is 4.67. The number of hydrogen-bond donors (Lipinski definition) is 1. The molecule has 0 spiro atoms. The first kappa shape index (κ1) is 19.5. The van der Waals surface area contributed by atoms with Crippen molar-refractivity contribution >= 4 is 11.6 Å². The zero-order chi connectivity index (χ0) is 19.8. The summed E-state index contributed by atoms with van der Waals surface area (Å²) < 4.78 is 16.3. The van der Waals surface area contributed by atoms with Crippen molar-refractivity contribution < 1.29 is 19.0 Å². The van der Waals surface area contributed by atoms with Crippen molar-refractivity contribution in [3.05, 3.63) is 89.5 Å². The van der Waals surface area contributed by atoms with Crippen LogP contribution in [0.4, 0.5) is 5.69 Å². The summed E-state index contributed by atoms with van der Waals surface area (Å²) in [6.07, 6.45) is 0. The molecule has 5 nitrogen and oxygen atoms in total. The Kier molecular flexibility index (Phi) is 6.65. The van der Waals surface area contributed by atoms with Gasteiger partial charge in [-0.3, -0.25) is 4.79 Å². The SMILES string of the molecule is COc1ccc(NC(=O)c2ccc(OC)c(COCc3ccccc3)c2)cc1. The van der Waals surface area contributed by atoms with Crippen LogP contribution in [0.3, 0.4) is 0 Å². The molecule has 0 atom stereocenters. The number of hydrogen-bond acceptors (Lipinski definition) is 4. The van der Waals surface area contributed by atoms with Crippen molar-refractivity contribution in [1.82, 2.24) is 0 Å². The fourth-order valence-electron chi connectivity index (χ4n) is 2.76. The normalized spacial score (nSPS) is 10.4. The van der Waals surface area contributed by atoms with Gasteiger partial charge in [0.1, 0.15) is 11.5 Å². The lowest BCUT2D eigenvalue weighted by Gasteiger charge is -2.12. The molecule has 0 saturated heterocycles. The van der Waals surface area contributed by atoms with Gasteiger partial charge in [0.2, 0.25) is 0 Å². The van der Waals surface area contributed by atoms with Gasteiger partial charge in [0.25, 0.3) is 5.91 Å². The molecule has 3 aromatic rings. The van der Waals surface area contributed by atoms with Crippen LogP contribution >= 0.6 is 0 Å². The highest BCUT2D eigenvalue weighted by Crippen LogP contribution is 2.22. The van der Waals surface area contributed by atoms with E-state index in [1.807, 2.05) is 30.3 Å². The third kappa shape index (κ3) is 5.11. The number of carbonyl (C=O) groups excluding carboxylic acids is 1. The highest BCUT2D eigenvalue weighted by molar-refractivity contribution is 6.04. The van der Waals surface area contributed by atoms with Crippen LogP contribution in [0, 0.1) is 0 Å². The van der Waals surface area contributed by atoms with E-state index < -0.39 is 0 Å². The lowest BCUT2D eigenvalue weighted by Crippen LogP contribution is -2.12. The smallest absolute Gasteiger partial charge is 0.255 e. The van der Waals surface area contributed by atoms with Crippen LogP contribution < -0.4 is 14.8 Å². The van der Waals surface area contributed by atoms with E-state index >= 15 is 0 Å². The minimum absolute atomic E-state index is 0.197. The molecule has 5 heteroatoms. The Morgan fingerprint density at radius 3 is 2.29 bits per heavy atom. The van der Waals surface area contributed by atoms with Gasteiger partial charge in [-0.05, 0) is 48.0 Å². The molecular weight excluding hydrogens is 354 g/mol. The Bertz CT molecular complexity index is 908. The third-order valence-electron chi connectivity index (χ3n) is 4.26. The first-order valence-electron chi connectivity index (χ1n) is 8.93. The largest absolute Gasteiger partial charge is 0.497 e. The Morgan fingerprint density at radius 2 is 1.61 bits per heavy atom. The number of methoxy groups -OCH3 is 2. The molecule has 0 unspecified atom stereocenters. The van der Waals surface area contributed by atoms with Gasteiger partial charge in [0.15, 0.2) is 0 Å². The second-order valence-corrected chi connectivity index (χ2v) is 6.19. The number of anilines is 1. The van der Waals surface area contributed by atoms with Crippen molar-refractivity contribution in [2.24, 2.45) is 0 Å². The van der Waals surface area contributed by atoms with Crippen molar-refractivity contribution in [3.63, 3.8) is 0 Å². The Morgan fingerprint density at radius 1 is 0.857 bits per heavy atom. The molecule has 1 amide bonds. The van der Waals surface area contributed by atoms with Crippen LogP contribution in [-0.2, 0) is 18.0 Å². The van der Waals surface area contributed by atoms with Crippen LogP contribution in [0.5, 0.6) is 11.5 Å². The van der Waals surface area contributed by atoms with E-state index in [-0.39, 0.29) is 5.91 Å². The summed E-state index contributed by atoms with van der Waals surface area (Å²) >= 11 is 0. The van der Waals surface area contributed by atoms with Gasteiger partial charge in [-0.15, -0.1) is 0 Å². The van der Waals surface area contributed by atoms with Crippen LogP contribution in [0.25, 0.3) is 0 Å². The maximum Gasteiger partial charge on any atom is 0.255 e. The highest BCUT2D eigenvalue weighted by Gasteiger charge is 2.11. The van der Waals surface area contributed by atoms with Gasteiger partial charge < -0.3 is 19.5 Å². The van der Waals surface area contributed by atoms with E-state index in [4.69, 9.17) is 14.2 Å². The molecule has 0 bridgehead atoms. The molecule has 0 aliphatic carbocycles. The lowest BCUT2D eigenvalue weighted by atomic mass is 10.1. The van der Waals surface area contributed by atoms with Gasteiger partial charge in [0.05, 0.1) is 27.4 Å². The number of rotatable bonds is 8. The summed E-state index contributed by atoms with van der Waals surface area (Å²) in [5, 5.41) is 2.88. The second-order valence-electron chi connectivity index (χ2n) is 6.19. The van der Waals surface area contributed by atoms with Crippen LogP contribution in [0.2, 0.25) is 0 Å².